The normalized spacial score (nSPS) is 10.2. The monoisotopic (exact) mass is 398 g/mol. The molecule has 1 N–H and O–H groups in total. The Morgan fingerprint density at radius 1 is 1.04 bits per heavy atom. The SMILES string of the molecule is COc1cccc(C(=O)Nc2ncccc2OCc2cccc(Cl)c2)c1OC. The van der Waals surface area contributed by atoms with Gasteiger partial charge in [0.25, 0.3) is 5.91 Å². The lowest BCUT2D eigenvalue weighted by molar-refractivity contribution is 0.102. The highest BCUT2D eigenvalue weighted by atomic mass is 35.5. The molecule has 0 atom stereocenters. The summed E-state index contributed by atoms with van der Waals surface area (Å²) in [5.41, 5.74) is 1.23. The molecular weight excluding hydrogens is 380 g/mol. The molecule has 2 aromatic carbocycles. The maximum Gasteiger partial charge on any atom is 0.260 e. The number of benzene rings is 2. The Labute approximate surface area is 168 Å². The summed E-state index contributed by atoms with van der Waals surface area (Å²) < 4.78 is 16.4. The molecule has 1 amide bonds. The first kappa shape index (κ1) is 19.5. The molecule has 0 unspecified atom stereocenters. The molecule has 0 saturated carbocycles. The Morgan fingerprint density at radius 3 is 2.57 bits per heavy atom. The van der Waals surface area contributed by atoms with E-state index in [9.17, 15) is 4.79 Å². The lowest BCUT2D eigenvalue weighted by Gasteiger charge is -2.14. The number of methoxy groups -OCH3 is 2. The van der Waals surface area contributed by atoms with Crippen LogP contribution in [0, 0.1) is 0 Å². The lowest BCUT2D eigenvalue weighted by Crippen LogP contribution is -2.15. The summed E-state index contributed by atoms with van der Waals surface area (Å²) in [5.74, 6) is 1.17. The molecule has 0 aliphatic rings. The van der Waals surface area contributed by atoms with Crippen LogP contribution >= 0.6 is 11.6 Å². The average Bonchev–Trinajstić information content (AvgIpc) is 2.72. The molecule has 0 saturated heterocycles. The van der Waals surface area contributed by atoms with Gasteiger partial charge in [-0.2, -0.15) is 0 Å². The number of halogens is 1. The third-order valence-corrected chi connectivity index (χ3v) is 4.17. The standard InChI is InChI=1S/C21H19ClN2O4/c1-26-17-9-4-8-16(19(17)27-2)21(25)24-20-18(10-5-11-23-20)28-13-14-6-3-7-15(22)12-14/h3-12H,13H2,1-2H3,(H,23,24,25). The maximum absolute atomic E-state index is 12.8. The summed E-state index contributed by atoms with van der Waals surface area (Å²) in [4.78, 5) is 17.0. The lowest BCUT2D eigenvalue weighted by atomic mass is 10.1. The summed E-state index contributed by atoms with van der Waals surface area (Å²) in [7, 11) is 3.00. The van der Waals surface area contributed by atoms with E-state index in [1.165, 1.54) is 14.2 Å². The number of aromatic nitrogens is 1. The number of rotatable bonds is 7. The summed E-state index contributed by atoms with van der Waals surface area (Å²) in [6, 6.07) is 15.9. The van der Waals surface area contributed by atoms with E-state index in [1.807, 2.05) is 18.2 Å². The number of nitrogens with zero attached hydrogens (tertiary/aromatic N) is 1. The van der Waals surface area contributed by atoms with Gasteiger partial charge in [0.05, 0.1) is 19.8 Å². The number of carbonyl (C=O) groups excluding carboxylic acids is 1. The van der Waals surface area contributed by atoms with Gasteiger partial charge in [-0.05, 0) is 42.0 Å². The molecular formula is C21H19ClN2O4. The molecule has 7 heteroatoms. The van der Waals surface area contributed by atoms with Gasteiger partial charge in [-0.1, -0.05) is 29.8 Å². The highest BCUT2D eigenvalue weighted by molar-refractivity contribution is 6.30. The topological polar surface area (TPSA) is 69.7 Å². The number of hydrogen-bond acceptors (Lipinski definition) is 5. The van der Waals surface area contributed by atoms with Gasteiger partial charge >= 0.3 is 0 Å². The van der Waals surface area contributed by atoms with E-state index < -0.39 is 0 Å². The van der Waals surface area contributed by atoms with Crippen molar-refractivity contribution in [2.75, 3.05) is 19.5 Å². The van der Waals surface area contributed by atoms with Crippen LogP contribution in [0.3, 0.4) is 0 Å². The number of hydrogen-bond donors (Lipinski definition) is 1. The van der Waals surface area contributed by atoms with E-state index in [1.54, 1.807) is 42.6 Å². The highest BCUT2D eigenvalue weighted by Gasteiger charge is 2.18. The molecule has 1 heterocycles. The first-order valence-electron chi connectivity index (χ1n) is 8.47. The van der Waals surface area contributed by atoms with E-state index in [-0.39, 0.29) is 12.5 Å². The van der Waals surface area contributed by atoms with Crippen molar-refractivity contribution in [3.05, 3.63) is 76.9 Å². The molecule has 144 valence electrons. The van der Waals surface area contributed by atoms with Crippen LogP contribution in [0.5, 0.6) is 17.2 Å². The molecule has 6 nitrogen and oxygen atoms in total. The molecule has 3 aromatic rings. The second-order valence-electron chi connectivity index (χ2n) is 5.76. The zero-order valence-electron chi connectivity index (χ0n) is 15.4. The van der Waals surface area contributed by atoms with Gasteiger partial charge in [0, 0.05) is 11.2 Å². The third kappa shape index (κ3) is 4.53. The van der Waals surface area contributed by atoms with E-state index >= 15 is 0 Å². The average molecular weight is 399 g/mol. The zero-order chi connectivity index (χ0) is 19.9. The van der Waals surface area contributed by atoms with Gasteiger partial charge < -0.3 is 19.5 Å². The zero-order valence-corrected chi connectivity index (χ0v) is 16.2. The molecule has 0 spiro atoms. The minimum atomic E-state index is -0.387. The molecule has 0 aliphatic heterocycles. The minimum Gasteiger partial charge on any atom is -0.493 e. The van der Waals surface area contributed by atoms with Crippen LogP contribution in [0.2, 0.25) is 5.02 Å². The molecule has 3 rings (SSSR count). The second kappa shape index (κ2) is 9.10. The van der Waals surface area contributed by atoms with Crippen molar-refractivity contribution in [2.24, 2.45) is 0 Å². The van der Waals surface area contributed by atoms with Crippen LogP contribution < -0.4 is 19.5 Å². The number of pyridine rings is 1. The van der Waals surface area contributed by atoms with Crippen molar-refractivity contribution in [1.82, 2.24) is 4.98 Å². The van der Waals surface area contributed by atoms with Crippen LogP contribution in [-0.4, -0.2) is 25.1 Å². The quantitative estimate of drug-likeness (QED) is 0.630. The number of nitrogens with one attached hydrogen (secondary N) is 1. The fraction of sp³-hybridized carbons (Fsp3) is 0.143. The Balaban J connectivity index is 1.79. The Kier molecular flexibility index (Phi) is 6.34. The van der Waals surface area contributed by atoms with E-state index in [4.69, 9.17) is 25.8 Å². The Morgan fingerprint density at radius 2 is 1.82 bits per heavy atom. The molecule has 1 aromatic heterocycles. The molecule has 0 radical (unpaired) electrons. The van der Waals surface area contributed by atoms with Crippen molar-refractivity contribution in [3.63, 3.8) is 0 Å². The first-order valence-corrected chi connectivity index (χ1v) is 8.84. The predicted molar refractivity (Wildman–Crippen MR) is 108 cm³/mol. The summed E-state index contributed by atoms with van der Waals surface area (Å²) in [5, 5.41) is 3.39. The number of para-hydroxylation sites is 1. The van der Waals surface area contributed by atoms with E-state index in [0.717, 1.165) is 5.56 Å². The Hall–Kier alpha value is -3.25. The third-order valence-electron chi connectivity index (χ3n) is 3.93. The fourth-order valence-corrected chi connectivity index (χ4v) is 2.84. The number of ether oxygens (including phenoxy) is 3. The van der Waals surface area contributed by atoms with E-state index in [2.05, 4.69) is 10.3 Å². The fourth-order valence-electron chi connectivity index (χ4n) is 2.63. The summed E-state index contributed by atoms with van der Waals surface area (Å²) in [6.07, 6.45) is 1.57. The second-order valence-corrected chi connectivity index (χ2v) is 6.20. The van der Waals surface area contributed by atoms with E-state index in [0.29, 0.717) is 33.7 Å². The molecule has 28 heavy (non-hydrogen) atoms. The number of amides is 1. The van der Waals surface area contributed by atoms with Crippen LogP contribution in [-0.2, 0) is 6.61 Å². The number of anilines is 1. The molecule has 0 bridgehead atoms. The predicted octanol–water partition coefficient (Wildman–Crippen LogP) is 4.58. The van der Waals surface area contributed by atoms with Gasteiger partial charge in [0.15, 0.2) is 23.1 Å². The number of carbonyl (C=O) groups is 1. The largest absolute Gasteiger partial charge is 0.493 e. The van der Waals surface area contributed by atoms with Crippen LogP contribution in [0.25, 0.3) is 0 Å². The van der Waals surface area contributed by atoms with Gasteiger partial charge in [0.2, 0.25) is 0 Å². The summed E-state index contributed by atoms with van der Waals surface area (Å²) in [6.45, 7) is 0.289. The van der Waals surface area contributed by atoms with Crippen molar-refractivity contribution in [3.8, 4) is 17.2 Å². The highest BCUT2D eigenvalue weighted by Crippen LogP contribution is 2.32. The van der Waals surface area contributed by atoms with Crippen molar-refractivity contribution in [2.45, 2.75) is 6.61 Å². The van der Waals surface area contributed by atoms with Gasteiger partial charge in [-0.3, -0.25) is 4.79 Å². The van der Waals surface area contributed by atoms with Crippen LogP contribution in [0.1, 0.15) is 15.9 Å². The Bertz CT molecular complexity index is 978. The van der Waals surface area contributed by atoms with Crippen molar-refractivity contribution in [1.29, 1.82) is 0 Å². The maximum atomic E-state index is 12.8. The molecule has 0 aliphatic carbocycles. The van der Waals surface area contributed by atoms with Gasteiger partial charge in [-0.25, -0.2) is 4.98 Å². The van der Waals surface area contributed by atoms with Gasteiger partial charge in [-0.15, -0.1) is 0 Å². The van der Waals surface area contributed by atoms with Crippen molar-refractivity contribution >= 4 is 23.3 Å². The van der Waals surface area contributed by atoms with Crippen molar-refractivity contribution < 1.29 is 19.0 Å². The van der Waals surface area contributed by atoms with Crippen LogP contribution in [0.4, 0.5) is 5.82 Å². The van der Waals surface area contributed by atoms with Gasteiger partial charge in [0.1, 0.15) is 6.61 Å². The smallest absolute Gasteiger partial charge is 0.260 e. The molecule has 0 fully saturated rings. The van der Waals surface area contributed by atoms with Crippen LogP contribution in [0.15, 0.2) is 60.8 Å². The first-order chi connectivity index (χ1) is 13.6. The minimum absolute atomic E-state index is 0.289. The summed E-state index contributed by atoms with van der Waals surface area (Å²) >= 11 is 6.00.